The van der Waals surface area contributed by atoms with Crippen molar-refractivity contribution in [1.29, 1.82) is 5.26 Å². The lowest BCUT2D eigenvalue weighted by molar-refractivity contribution is -0.127. The molecule has 2 heterocycles. The Morgan fingerprint density at radius 1 is 1.33 bits per heavy atom. The molecule has 3 rings (SSSR count). The van der Waals surface area contributed by atoms with Crippen LogP contribution in [0.2, 0.25) is 0 Å². The smallest absolute Gasteiger partial charge is 0.246 e. The minimum atomic E-state index is -0.00299. The quantitative estimate of drug-likeness (QED) is 0.775. The largest absolute Gasteiger partial charge is 0.348 e. The maximum Gasteiger partial charge on any atom is 0.246 e. The molecule has 6 heteroatoms. The highest BCUT2D eigenvalue weighted by Gasteiger charge is 2.25. The number of piperazine rings is 1. The lowest BCUT2D eigenvalue weighted by Gasteiger charge is -2.35. The fourth-order valence-electron chi connectivity index (χ4n) is 2.76. The number of rotatable bonds is 2. The highest BCUT2D eigenvalue weighted by atomic mass is 32.2. The van der Waals surface area contributed by atoms with E-state index in [1.54, 1.807) is 18.2 Å². The highest BCUT2D eigenvalue weighted by Crippen LogP contribution is 2.23. The zero-order chi connectivity index (χ0) is 16.9. The van der Waals surface area contributed by atoms with Gasteiger partial charge < -0.3 is 9.80 Å². The summed E-state index contributed by atoms with van der Waals surface area (Å²) in [6.45, 7) is 6.14. The van der Waals surface area contributed by atoms with Gasteiger partial charge >= 0.3 is 0 Å². The number of carbonyl (C=O) groups excluding carboxylic acids is 1. The molecule has 1 aromatic rings. The summed E-state index contributed by atoms with van der Waals surface area (Å²) in [5.41, 5.74) is 1.36. The third-order valence-corrected chi connectivity index (χ3v) is 5.29. The molecule has 0 saturated carbocycles. The van der Waals surface area contributed by atoms with Crippen LogP contribution >= 0.6 is 11.8 Å². The molecular formula is C18H20N4OS. The molecule has 0 N–H and O–H groups in total. The first-order valence-corrected chi connectivity index (χ1v) is 8.97. The first-order valence-electron chi connectivity index (χ1n) is 8.09. The molecule has 0 radical (unpaired) electrons. The molecule has 1 unspecified atom stereocenters. The van der Waals surface area contributed by atoms with Gasteiger partial charge in [-0.3, -0.25) is 9.79 Å². The van der Waals surface area contributed by atoms with Crippen molar-refractivity contribution in [3.8, 4) is 6.07 Å². The zero-order valence-electron chi connectivity index (χ0n) is 13.7. The molecule has 1 amide bonds. The van der Waals surface area contributed by atoms with Crippen LogP contribution < -0.4 is 0 Å². The molecule has 2 aliphatic heterocycles. The molecule has 24 heavy (non-hydrogen) atoms. The molecule has 124 valence electrons. The summed E-state index contributed by atoms with van der Waals surface area (Å²) in [4.78, 5) is 21.0. The van der Waals surface area contributed by atoms with Gasteiger partial charge in [0.15, 0.2) is 5.17 Å². The number of carbonyl (C=O) groups is 1. The minimum Gasteiger partial charge on any atom is -0.348 e. The molecule has 0 aliphatic carbocycles. The second kappa shape index (κ2) is 7.54. The highest BCUT2D eigenvalue weighted by molar-refractivity contribution is 8.14. The number of amides is 1. The molecule has 0 aromatic heterocycles. The van der Waals surface area contributed by atoms with E-state index in [0.717, 1.165) is 30.4 Å². The first-order chi connectivity index (χ1) is 11.7. The third-order valence-electron chi connectivity index (χ3n) is 4.14. The number of benzene rings is 1. The summed E-state index contributed by atoms with van der Waals surface area (Å²) in [6.07, 6.45) is 3.29. The second-order valence-corrected chi connectivity index (χ2v) is 7.30. The van der Waals surface area contributed by atoms with E-state index in [-0.39, 0.29) is 5.91 Å². The Hall–Kier alpha value is -2.26. The van der Waals surface area contributed by atoms with Crippen LogP contribution in [0.4, 0.5) is 0 Å². The van der Waals surface area contributed by atoms with Gasteiger partial charge in [-0.15, -0.1) is 0 Å². The number of amidine groups is 1. The number of nitriles is 1. The number of hydrogen-bond donors (Lipinski definition) is 0. The summed E-state index contributed by atoms with van der Waals surface area (Å²) < 4.78 is 0. The molecule has 1 aromatic carbocycles. The number of thioether (sulfide) groups is 1. The van der Waals surface area contributed by atoms with Crippen molar-refractivity contribution in [2.24, 2.45) is 4.99 Å². The Labute approximate surface area is 146 Å². The summed E-state index contributed by atoms with van der Waals surface area (Å²) in [5, 5.41) is 10.8. The minimum absolute atomic E-state index is 0.00299. The number of aliphatic imine (C=N–C) groups is 1. The Morgan fingerprint density at radius 3 is 2.75 bits per heavy atom. The topological polar surface area (TPSA) is 59.7 Å². The Morgan fingerprint density at radius 2 is 2.08 bits per heavy atom. The molecule has 5 nitrogen and oxygen atoms in total. The van der Waals surface area contributed by atoms with Crippen LogP contribution in [0, 0.1) is 11.3 Å². The number of nitrogens with zero attached hydrogens (tertiary/aromatic N) is 4. The van der Waals surface area contributed by atoms with E-state index >= 15 is 0 Å². The maximum absolute atomic E-state index is 12.4. The van der Waals surface area contributed by atoms with E-state index in [4.69, 9.17) is 5.26 Å². The lowest BCUT2D eigenvalue weighted by atomic mass is 10.1. The standard InChI is InChI=1S/C18H20N4OS/c1-14-13-20-18(24-14)22-10-8-21(9-11-22)17(23)7-6-15-4-2-3-5-16(15)12-19/h2-7,14H,8-11,13H2,1H3. The van der Waals surface area contributed by atoms with Gasteiger partial charge in [-0.1, -0.05) is 36.9 Å². The summed E-state index contributed by atoms with van der Waals surface area (Å²) in [6, 6.07) is 9.43. The Balaban J connectivity index is 1.56. The fraction of sp³-hybridized carbons (Fsp3) is 0.389. The third kappa shape index (κ3) is 3.80. The second-order valence-electron chi connectivity index (χ2n) is 5.90. The molecule has 0 spiro atoms. The van der Waals surface area contributed by atoms with E-state index < -0.39 is 0 Å². The Kier molecular flexibility index (Phi) is 5.21. The van der Waals surface area contributed by atoms with Crippen LogP contribution in [0.25, 0.3) is 6.08 Å². The van der Waals surface area contributed by atoms with Crippen LogP contribution in [0.15, 0.2) is 35.3 Å². The van der Waals surface area contributed by atoms with Gasteiger partial charge in [0.2, 0.25) is 5.91 Å². The molecule has 0 bridgehead atoms. The van der Waals surface area contributed by atoms with Gasteiger partial charge in [0.25, 0.3) is 0 Å². The lowest BCUT2D eigenvalue weighted by Crippen LogP contribution is -2.49. The van der Waals surface area contributed by atoms with Crippen molar-refractivity contribution in [2.45, 2.75) is 12.2 Å². The molecule has 1 atom stereocenters. The van der Waals surface area contributed by atoms with Gasteiger partial charge in [0, 0.05) is 37.5 Å². The van der Waals surface area contributed by atoms with Crippen molar-refractivity contribution in [3.05, 3.63) is 41.5 Å². The van der Waals surface area contributed by atoms with E-state index in [1.165, 1.54) is 0 Å². The predicted molar refractivity (Wildman–Crippen MR) is 97.7 cm³/mol. The average Bonchev–Trinajstić information content (AvgIpc) is 3.06. The predicted octanol–water partition coefficient (Wildman–Crippen LogP) is 2.21. The molecule has 1 fully saturated rings. The summed E-state index contributed by atoms with van der Waals surface area (Å²) >= 11 is 1.82. The summed E-state index contributed by atoms with van der Waals surface area (Å²) in [5.74, 6) is -0.00299. The van der Waals surface area contributed by atoms with Crippen molar-refractivity contribution in [1.82, 2.24) is 9.80 Å². The van der Waals surface area contributed by atoms with Gasteiger partial charge in [-0.2, -0.15) is 5.26 Å². The normalized spacial score (nSPS) is 21.0. The van der Waals surface area contributed by atoms with Crippen molar-refractivity contribution >= 4 is 28.9 Å². The van der Waals surface area contributed by atoms with Crippen molar-refractivity contribution in [2.75, 3.05) is 32.7 Å². The molecule has 1 saturated heterocycles. The maximum atomic E-state index is 12.4. The monoisotopic (exact) mass is 340 g/mol. The fourth-order valence-corrected chi connectivity index (χ4v) is 3.75. The zero-order valence-corrected chi connectivity index (χ0v) is 14.5. The molecular weight excluding hydrogens is 320 g/mol. The van der Waals surface area contributed by atoms with Crippen molar-refractivity contribution in [3.63, 3.8) is 0 Å². The van der Waals surface area contributed by atoms with Crippen LogP contribution in [-0.2, 0) is 4.79 Å². The van der Waals surface area contributed by atoms with Crippen LogP contribution in [0.5, 0.6) is 0 Å². The molecule has 2 aliphatic rings. The first kappa shape index (κ1) is 16.6. The number of hydrogen-bond acceptors (Lipinski definition) is 5. The van der Waals surface area contributed by atoms with Crippen LogP contribution in [-0.4, -0.2) is 58.8 Å². The van der Waals surface area contributed by atoms with E-state index in [1.807, 2.05) is 34.9 Å². The summed E-state index contributed by atoms with van der Waals surface area (Å²) in [7, 11) is 0. The Bertz CT molecular complexity index is 714. The van der Waals surface area contributed by atoms with E-state index in [9.17, 15) is 4.79 Å². The van der Waals surface area contributed by atoms with Gasteiger partial charge in [0.05, 0.1) is 18.2 Å². The average molecular weight is 340 g/mol. The van der Waals surface area contributed by atoms with E-state index in [2.05, 4.69) is 22.9 Å². The van der Waals surface area contributed by atoms with Crippen molar-refractivity contribution < 1.29 is 4.79 Å². The van der Waals surface area contributed by atoms with Crippen LogP contribution in [0.3, 0.4) is 0 Å². The van der Waals surface area contributed by atoms with E-state index in [0.29, 0.717) is 23.9 Å². The van der Waals surface area contributed by atoms with Gasteiger partial charge in [-0.05, 0) is 17.7 Å². The van der Waals surface area contributed by atoms with Gasteiger partial charge in [0.1, 0.15) is 0 Å². The SMILES string of the molecule is CC1CN=C(N2CCN(C(=O)C=Cc3ccccc3C#N)CC2)S1. The van der Waals surface area contributed by atoms with Crippen LogP contribution in [0.1, 0.15) is 18.1 Å². The van der Waals surface area contributed by atoms with Gasteiger partial charge in [-0.25, -0.2) is 0 Å².